The molecule has 0 atom stereocenters. The van der Waals surface area contributed by atoms with Crippen molar-refractivity contribution < 1.29 is 13.2 Å². The number of anilines is 1. The van der Waals surface area contributed by atoms with E-state index in [0.717, 1.165) is 35.1 Å². The molecule has 0 radical (unpaired) electrons. The van der Waals surface area contributed by atoms with Crippen LogP contribution < -0.4 is 5.32 Å². The Hall–Kier alpha value is -2.18. The molecule has 0 aliphatic heterocycles. The van der Waals surface area contributed by atoms with Crippen LogP contribution >= 0.6 is 0 Å². The smallest absolute Gasteiger partial charge is 0.239 e. The molecular formula is C20H26N2O3S. The van der Waals surface area contributed by atoms with E-state index >= 15 is 0 Å². The van der Waals surface area contributed by atoms with Crippen LogP contribution in [0.3, 0.4) is 0 Å². The van der Waals surface area contributed by atoms with E-state index in [-0.39, 0.29) is 19.0 Å². The van der Waals surface area contributed by atoms with Gasteiger partial charge in [0.25, 0.3) is 0 Å². The first-order chi connectivity index (χ1) is 12.3. The van der Waals surface area contributed by atoms with Crippen molar-refractivity contribution in [1.82, 2.24) is 4.31 Å². The monoisotopic (exact) mass is 374 g/mol. The van der Waals surface area contributed by atoms with E-state index in [2.05, 4.69) is 5.32 Å². The van der Waals surface area contributed by atoms with Gasteiger partial charge in [-0.05, 0) is 36.5 Å². The SMILES string of the molecule is CCc1cccc(C)c1NC(=O)CN(CCc1ccccc1)S(C)(=O)=O. The molecule has 2 aromatic rings. The van der Waals surface area contributed by atoms with Gasteiger partial charge < -0.3 is 5.32 Å². The fraction of sp³-hybridized carbons (Fsp3) is 0.350. The number of aryl methyl sites for hydroxylation is 2. The number of hydrogen-bond acceptors (Lipinski definition) is 3. The minimum absolute atomic E-state index is 0.191. The van der Waals surface area contributed by atoms with Crippen LogP contribution in [0.2, 0.25) is 0 Å². The number of benzene rings is 2. The molecule has 2 aromatic carbocycles. The number of sulfonamides is 1. The van der Waals surface area contributed by atoms with Crippen molar-refractivity contribution in [2.45, 2.75) is 26.7 Å². The van der Waals surface area contributed by atoms with Gasteiger partial charge in [-0.15, -0.1) is 0 Å². The topological polar surface area (TPSA) is 66.5 Å². The van der Waals surface area contributed by atoms with E-state index in [0.29, 0.717) is 6.42 Å². The summed E-state index contributed by atoms with van der Waals surface area (Å²) >= 11 is 0. The van der Waals surface area contributed by atoms with Gasteiger partial charge in [-0.25, -0.2) is 8.42 Å². The average molecular weight is 375 g/mol. The van der Waals surface area contributed by atoms with Gasteiger partial charge in [-0.2, -0.15) is 4.31 Å². The molecule has 0 aromatic heterocycles. The Balaban J connectivity index is 2.08. The van der Waals surface area contributed by atoms with Crippen molar-refractivity contribution in [2.24, 2.45) is 0 Å². The number of rotatable bonds is 8. The van der Waals surface area contributed by atoms with Gasteiger partial charge in [0.15, 0.2) is 0 Å². The maximum atomic E-state index is 12.5. The zero-order valence-corrected chi connectivity index (χ0v) is 16.3. The normalized spacial score (nSPS) is 11.5. The second kappa shape index (κ2) is 8.96. The fourth-order valence-corrected chi connectivity index (χ4v) is 3.58. The van der Waals surface area contributed by atoms with Gasteiger partial charge in [-0.3, -0.25) is 4.79 Å². The van der Waals surface area contributed by atoms with Gasteiger partial charge >= 0.3 is 0 Å². The number of nitrogens with one attached hydrogen (secondary N) is 1. The average Bonchev–Trinajstić information content (AvgIpc) is 2.60. The van der Waals surface area contributed by atoms with E-state index in [4.69, 9.17) is 0 Å². The van der Waals surface area contributed by atoms with Gasteiger partial charge in [0.05, 0.1) is 12.8 Å². The first-order valence-electron chi connectivity index (χ1n) is 8.68. The highest BCUT2D eigenvalue weighted by atomic mass is 32.2. The third-order valence-corrected chi connectivity index (χ3v) is 5.54. The largest absolute Gasteiger partial charge is 0.324 e. The summed E-state index contributed by atoms with van der Waals surface area (Å²) in [7, 11) is -3.48. The molecule has 0 saturated carbocycles. The van der Waals surface area contributed by atoms with E-state index in [1.54, 1.807) is 0 Å². The van der Waals surface area contributed by atoms with E-state index in [1.165, 1.54) is 4.31 Å². The highest BCUT2D eigenvalue weighted by Gasteiger charge is 2.20. The van der Waals surface area contributed by atoms with Crippen LogP contribution in [-0.2, 0) is 27.7 Å². The molecule has 1 amide bonds. The third kappa shape index (κ3) is 5.68. The summed E-state index contributed by atoms with van der Waals surface area (Å²) in [6.07, 6.45) is 2.49. The standard InChI is InChI=1S/C20H26N2O3S/c1-4-18-12-8-9-16(2)20(18)21-19(23)15-22(26(3,24)25)14-13-17-10-6-5-7-11-17/h5-12H,4,13-15H2,1-3H3,(H,21,23). The Morgan fingerprint density at radius 2 is 1.77 bits per heavy atom. The minimum Gasteiger partial charge on any atom is -0.324 e. The molecule has 6 heteroatoms. The molecule has 0 unspecified atom stereocenters. The summed E-state index contributed by atoms with van der Waals surface area (Å²) in [5.41, 5.74) is 3.81. The molecule has 0 aliphatic carbocycles. The van der Waals surface area contributed by atoms with Gasteiger partial charge in [-0.1, -0.05) is 55.5 Å². The predicted octanol–water partition coefficient (Wildman–Crippen LogP) is 3.00. The molecule has 26 heavy (non-hydrogen) atoms. The van der Waals surface area contributed by atoms with Crippen LogP contribution in [0.15, 0.2) is 48.5 Å². The zero-order valence-electron chi connectivity index (χ0n) is 15.5. The summed E-state index contributed by atoms with van der Waals surface area (Å²) < 4.78 is 25.4. The van der Waals surface area contributed by atoms with Gasteiger partial charge in [0, 0.05) is 12.2 Å². The van der Waals surface area contributed by atoms with Crippen LogP contribution in [0, 0.1) is 6.92 Å². The van der Waals surface area contributed by atoms with Crippen LogP contribution in [0.1, 0.15) is 23.6 Å². The Morgan fingerprint density at radius 1 is 1.08 bits per heavy atom. The molecule has 0 saturated heterocycles. The predicted molar refractivity (Wildman–Crippen MR) is 106 cm³/mol. The molecule has 0 bridgehead atoms. The molecular weight excluding hydrogens is 348 g/mol. The zero-order chi connectivity index (χ0) is 19.2. The van der Waals surface area contributed by atoms with E-state index in [1.807, 2.05) is 62.4 Å². The second-order valence-corrected chi connectivity index (χ2v) is 8.33. The van der Waals surface area contributed by atoms with Crippen LogP contribution in [0.25, 0.3) is 0 Å². The maximum Gasteiger partial charge on any atom is 0.239 e. The second-order valence-electron chi connectivity index (χ2n) is 6.34. The lowest BCUT2D eigenvalue weighted by Gasteiger charge is -2.20. The number of para-hydroxylation sites is 1. The summed E-state index contributed by atoms with van der Waals surface area (Å²) in [6, 6.07) is 15.5. The Kier molecular flexibility index (Phi) is 6.94. The number of hydrogen-bond donors (Lipinski definition) is 1. The number of carbonyl (C=O) groups excluding carboxylic acids is 1. The first-order valence-corrected chi connectivity index (χ1v) is 10.5. The van der Waals surface area contributed by atoms with Crippen molar-refractivity contribution in [2.75, 3.05) is 24.7 Å². The highest BCUT2D eigenvalue weighted by Crippen LogP contribution is 2.21. The first kappa shape index (κ1) is 20.1. The van der Waals surface area contributed by atoms with Crippen LogP contribution in [-0.4, -0.2) is 38.0 Å². The lowest BCUT2D eigenvalue weighted by atomic mass is 10.1. The van der Waals surface area contributed by atoms with Gasteiger partial charge in [0.1, 0.15) is 0 Å². The molecule has 0 aliphatic rings. The summed E-state index contributed by atoms with van der Waals surface area (Å²) in [5.74, 6) is -0.326. The Labute approximate surface area is 156 Å². The minimum atomic E-state index is -3.48. The summed E-state index contributed by atoms with van der Waals surface area (Å²) in [5, 5.41) is 2.89. The highest BCUT2D eigenvalue weighted by molar-refractivity contribution is 7.88. The molecule has 1 N–H and O–H groups in total. The lowest BCUT2D eigenvalue weighted by molar-refractivity contribution is -0.116. The van der Waals surface area contributed by atoms with Crippen LogP contribution in [0.5, 0.6) is 0 Å². The third-order valence-electron chi connectivity index (χ3n) is 4.29. The van der Waals surface area contributed by atoms with E-state index in [9.17, 15) is 13.2 Å². The van der Waals surface area contributed by atoms with Crippen molar-refractivity contribution in [3.8, 4) is 0 Å². The summed E-state index contributed by atoms with van der Waals surface area (Å²) in [4.78, 5) is 12.5. The van der Waals surface area contributed by atoms with Crippen molar-refractivity contribution in [1.29, 1.82) is 0 Å². The number of carbonyl (C=O) groups is 1. The Bertz CT molecular complexity index is 849. The van der Waals surface area contributed by atoms with Crippen molar-refractivity contribution in [3.63, 3.8) is 0 Å². The van der Waals surface area contributed by atoms with Crippen LogP contribution in [0.4, 0.5) is 5.69 Å². The number of nitrogens with zero attached hydrogens (tertiary/aromatic N) is 1. The molecule has 0 heterocycles. The molecule has 2 rings (SSSR count). The quantitative estimate of drug-likeness (QED) is 0.772. The van der Waals surface area contributed by atoms with Crippen molar-refractivity contribution >= 4 is 21.6 Å². The number of amides is 1. The molecule has 0 fully saturated rings. The van der Waals surface area contributed by atoms with Crippen molar-refractivity contribution in [3.05, 3.63) is 65.2 Å². The lowest BCUT2D eigenvalue weighted by Crippen LogP contribution is -2.38. The van der Waals surface area contributed by atoms with Gasteiger partial charge in [0.2, 0.25) is 15.9 Å². The maximum absolute atomic E-state index is 12.5. The summed E-state index contributed by atoms with van der Waals surface area (Å²) in [6.45, 7) is 4.03. The molecule has 0 spiro atoms. The van der Waals surface area contributed by atoms with E-state index < -0.39 is 10.0 Å². The molecule has 5 nitrogen and oxygen atoms in total. The molecule has 140 valence electrons. The fourth-order valence-electron chi connectivity index (χ4n) is 2.80. The Morgan fingerprint density at radius 3 is 2.38 bits per heavy atom.